The van der Waals surface area contributed by atoms with E-state index in [9.17, 15) is 9.59 Å². The minimum atomic E-state index is -1.26. The largest absolute Gasteiger partial charge is 0.473 e. The molecule has 1 aromatic rings. The molecule has 1 saturated heterocycles. The van der Waals surface area contributed by atoms with Crippen LogP contribution in [0.4, 0.5) is 5.69 Å². The molecule has 2 heterocycles. The summed E-state index contributed by atoms with van der Waals surface area (Å²) in [4.78, 5) is 27.7. The van der Waals surface area contributed by atoms with Crippen molar-refractivity contribution in [3.8, 4) is 5.88 Å². The molecule has 1 aromatic heterocycles. The zero-order valence-corrected chi connectivity index (χ0v) is 12.9. The van der Waals surface area contributed by atoms with Crippen molar-refractivity contribution in [2.45, 2.75) is 39.6 Å². The zero-order valence-electron chi connectivity index (χ0n) is 12.9. The molecule has 0 spiro atoms. The van der Waals surface area contributed by atoms with Gasteiger partial charge < -0.3 is 19.5 Å². The van der Waals surface area contributed by atoms with Gasteiger partial charge >= 0.3 is 11.9 Å². The second-order valence-electron chi connectivity index (χ2n) is 5.40. The van der Waals surface area contributed by atoms with E-state index in [1.807, 2.05) is 13.8 Å². The van der Waals surface area contributed by atoms with E-state index in [1.54, 1.807) is 18.3 Å². The van der Waals surface area contributed by atoms with Crippen molar-refractivity contribution in [3.63, 3.8) is 0 Å². The number of carbonyl (C=O) groups excluding carboxylic acids is 2. The molecule has 0 saturated carbocycles. The third kappa shape index (κ3) is 3.75. The number of anilines is 1. The zero-order chi connectivity index (χ0) is 16.3. The van der Waals surface area contributed by atoms with Crippen molar-refractivity contribution >= 4 is 17.6 Å². The highest BCUT2D eigenvalue weighted by molar-refractivity contribution is 6.15. The fourth-order valence-electron chi connectivity index (χ4n) is 1.75. The van der Waals surface area contributed by atoms with E-state index in [4.69, 9.17) is 14.2 Å². The Kier molecular flexibility index (Phi) is 4.35. The number of nitrogens with one attached hydrogen (secondary N) is 1. The summed E-state index contributed by atoms with van der Waals surface area (Å²) in [6.07, 6.45) is 2.75. The van der Waals surface area contributed by atoms with Gasteiger partial charge in [-0.15, -0.1) is 0 Å². The number of ether oxygens (including phenoxy) is 3. The maximum atomic E-state index is 11.8. The van der Waals surface area contributed by atoms with Crippen LogP contribution in [0.5, 0.6) is 5.88 Å². The Bertz CT molecular complexity index is 600. The summed E-state index contributed by atoms with van der Waals surface area (Å²) in [6.45, 7) is 6.72. The lowest BCUT2D eigenvalue weighted by atomic mass is 10.2. The lowest BCUT2D eigenvalue weighted by Crippen LogP contribution is -2.42. The minimum Gasteiger partial charge on any atom is -0.473 e. The maximum absolute atomic E-state index is 11.8. The molecular formula is C15H18N2O5. The number of aromatic nitrogens is 1. The first kappa shape index (κ1) is 15.8. The molecular weight excluding hydrogens is 288 g/mol. The Morgan fingerprint density at radius 2 is 1.91 bits per heavy atom. The average Bonchev–Trinajstić information content (AvgIpc) is 2.37. The maximum Gasteiger partial charge on any atom is 0.350 e. The molecule has 0 bridgehead atoms. The van der Waals surface area contributed by atoms with Crippen molar-refractivity contribution < 1.29 is 23.8 Å². The number of rotatable bonds is 4. The van der Waals surface area contributed by atoms with Crippen molar-refractivity contribution in [3.05, 3.63) is 30.1 Å². The van der Waals surface area contributed by atoms with Crippen molar-refractivity contribution in [2.75, 3.05) is 5.32 Å². The van der Waals surface area contributed by atoms with Gasteiger partial charge in [0.05, 0.1) is 6.10 Å². The Morgan fingerprint density at radius 1 is 1.27 bits per heavy atom. The summed E-state index contributed by atoms with van der Waals surface area (Å²) in [5, 5.41) is 2.83. The van der Waals surface area contributed by atoms with Crippen molar-refractivity contribution in [1.82, 2.24) is 4.98 Å². The molecule has 0 atom stereocenters. The normalized spacial score (nSPS) is 16.9. The van der Waals surface area contributed by atoms with Gasteiger partial charge in [0, 0.05) is 26.2 Å². The quantitative estimate of drug-likeness (QED) is 0.517. The van der Waals surface area contributed by atoms with Gasteiger partial charge in [0.2, 0.25) is 5.88 Å². The molecule has 7 heteroatoms. The van der Waals surface area contributed by atoms with Crippen LogP contribution in [0.15, 0.2) is 30.1 Å². The molecule has 1 fully saturated rings. The predicted molar refractivity (Wildman–Crippen MR) is 78.0 cm³/mol. The standard InChI is InChI=1S/C15H18N2O5/c1-9(2)20-12-11(6-5-7-16-12)17-8-10-13(18)21-15(3,4)22-14(10)19/h5-9,17H,1-4H3. The molecule has 118 valence electrons. The summed E-state index contributed by atoms with van der Waals surface area (Å²) in [7, 11) is 0. The molecule has 22 heavy (non-hydrogen) atoms. The molecule has 7 nitrogen and oxygen atoms in total. The minimum absolute atomic E-state index is 0.0616. The van der Waals surface area contributed by atoms with Gasteiger partial charge in [0.15, 0.2) is 5.57 Å². The third-order valence-electron chi connectivity index (χ3n) is 2.61. The van der Waals surface area contributed by atoms with E-state index in [0.29, 0.717) is 11.6 Å². The van der Waals surface area contributed by atoms with Crippen molar-refractivity contribution in [2.24, 2.45) is 0 Å². The summed E-state index contributed by atoms with van der Waals surface area (Å²) in [5.74, 6) is -2.38. The molecule has 0 unspecified atom stereocenters. The predicted octanol–water partition coefficient (Wildman–Crippen LogP) is 2.00. The first-order valence-corrected chi connectivity index (χ1v) is 6.83. The van der Waals surface area contributed by atoms with Crippen LogP contribution >= 0.6 is 0 Å². The number of hydrogen-bond donors (Lipinski definition) is 1. The van der Waals surface area contributed by atoms with Crippen LogP contribution in [0.25, 0.3) is 0 Å². The summed E-state index contributed by atoms with van der Waals surface area (Å²) in [6, 6.07) is 3.42. The van der Waals surface area contributed by atoms with Gasteiger partial charge in [-0.25, -0.2) is 14.6 Å². The summed E-state index contributed by atoms with van der Waals surface area (Å²) >= 11 is 0. The van der Waals surface area contributed by atoms with Crippen molar-refractivity contribution in [1.29, 1.82) is 0 Å². The topological polar surface area (TPSA) is 86.8 Å². The van der Waals surface area contributed by atoms with E-state index in [0.717, 1.165) is 0 Å². The molecule has 1 aliphatic heterocycles. The smallest absolute Gasteiger partial charge is 0.350 e. The number of esters is 2. The van der Waals surface area contributed by atoms with Gasteiger partial charge in [0.25, 0.3) is 5.79 Å². The lowest BCUT2D eigenvalue weighted by Gasteiger charge is -2.29. The van der Waals surface area contributed by atoms with Crippen LogP contribution in [0, 0.1) is 0 Å². The molecule has 0 radical (unpaired) electrons. The first-order valence-electron chi connectivity index (χ1n) is 6.83. The van der Waals surface area contributed by atoms with E-state index in [-0.39, 0.29) is 11.7 Å². The molecule has 0 amide bonds. The molecule has 1 aliphatic rings. The summed E-state index contributed by atoms with van der Waals surface area (Å²) < 4.78 is 15.5. The lowest BCUT2D eigenvalue weighted by molar-refractivity contribution is -0.222. The van der Waals surface area contributed by atoms with Crippen LogP contribution in [0.3, 0.4) is 0 Å². The second-order valence-corrected chi connectivity index (χ2v) is 5.40. The SMILES string of the molecule is CC(C)Oc1ncccc1NC=C1C(=O)OC(C)(C)OC1=O. The van der Waals surface area contributed by atoms with E-state index in [1.165, 1.54) is 20.0 Å². The third-order valence-corrected chi connectivity index (χ3v) is 2.61. The number of nitrogens with zero attached hydrogens (tertiary/aromatic N) is 1. The van der Waals surface area contributed by atoms with Gasteiger partial charge in [-0.3, -0.25) is 0 Å². The molecule has 1 N–H and O–H groups in total. The number of carbonyl (C=O) groups is 2. The van der Waals surface area contributed by atoms with Gasteiger partial charge in [0.1, 0.15) is 5.69 Å². The highest BCUT2D eigenvalue weighted by Crippen LogP contribution is 2.25. The van der Waals surface area contributed by atoms with E-state index < -0.39 is 17.7 Å². The van der Waals surface area contributed by atoms with E-state index in [2.05, 4.69) is 10.3 Å². The molecule has 2 rings (SSSR count). The fraction of sp³-hybridized carbons (Fsp3) is 0.400. The van der Waals surface area contributed by atoms with Gasteiger partial charge in [-0.1, -0.05) is 0 Å². The average molecular weight is 306 g/mol. The Morgan fingerprint density at radius 3 is 2.50 bits per heavy atom. The molecule has 0 aromatic carbocycles. The van der Waals surface area contributed by atoms with E-state index >= 15 is 0 Å². The number of pyridine rings is 1. The fourth-order valence-corrected chi connectivity index (χ4v) is 1.75. The second kappa shape index (κ2) is 6.05. The summed E-state index contributed by atoms with van der Waals surface area (Å²) in [5.41, 5.74) is 0.299. The monoisotopic (exact) mass is 306 g/mol. The number of cyclic esters (lactones) is 2. The van der Waals surface area contributed by atoms with Crippen LogP contribution in [-0.2, 0) is 19.1 Å². The van der Waals surface area contributed by atoms with Crippen LogP contribution in [0.2, 0.25) is 0 Å². The Balaban J connectivity index is 2.18. The van der Waals surface area contributed by atoms with Crippen LogP contribution in [-0.4, -0.2) is 28.8 Å². The molecule has 0 aliphatic carbocycles. The van der Waals surface area contributed by atoms with Gasteiger partial charge in [-0.2, -0.15) is 0 Å². The number of hydrogen-bond acceptors (Lipinski definition) is 7. The van der Waals surface area contributed by atoms with Crippen LogP contribution < -0.4 is 10.1 Å². The van der Waals surface area contributed by atoms with Gasteiger partial charge in [-0.05, 0) is 26.0 Å². The Labute approximate surface area is 128 Å². The first-order chi connectivity index (χ1) is 10.3. The van der Waals surface area contributed by atoms with Crippen LogP contribution in [0.1, 0.15) is 27.7 Å². The highest BCUT2D eigenvalue weighted by atomic mass is 16.7. The highest BCUT2D eigenvalue weighted by Gasteiger charge is 2.38. The Hall–Kier alpha value is -2.57.